The fourth-order valence-electron chi connectivity index (χ4n) is 2.96. The quantitative estimate of drug-likeness (QED) is 0.227. The van der Waals surface area contributed by atoms with E-state index in [0.717, 1.165) is 0 Å². The number of rotatable bonds is 2. The van der Waals surface area contributed by atoms with E-state index < -0.39 is 73.2 Å². The smallest absolute Gasteiger partial charge is 0.115 e. The van der Waals surface area contributed by atoms with E-state index in [4.69, 9.17) is 10.5 Å². The molecule has 0 bridgehead atoms. The molecule has 11 heteroatoms. The van der Waals surface area contributed by atoms with Gasteiger partial charge in [0.05, 0.1) is 6.04 Å². The zero-order chi connectivity index (χ0) is 17.6. The normalized spacial score (nSPS) is 58.2. The highest BCUT2D eigenvalue weighted by Gasteiger charge is 2.54. The SMILES string of the molecule is N[C@H]1[C@H](O)[C@H](O)[C@@H](O)[C@@H](O)[C@@H]1OC1[C@@H](O)[C@H](O)C(O)[C@@H](O)[C@H]1O. The maximum Gasteiger partial charge on any atom is 0.115 e. The highest BCUT2D eigenvalue weighted by Crippen LogP contribution is 2.29. The van der Waals surface area contributed by atoms with Gasteiger partial charge in [0.1, 0.15) is 67.1 Å². The Morgan fingerprint density at radius 3 is 1.17 bits per heavy atom. The highest BCUT2D eigenvalue weighted by molar-refractivity contribution is 5.05. The first kappa shape index (κ1) is 18.9. The monoisotopic (exact) mass is 341 g/mol. The standard InChI is InChI=1S/C12H23NO10/c13-1-2(14)3(15)5(17)8(20)11(1)23-12-9(21)6(18)4(16)7(19)10(12)22/h1-12,14-22H,13H2/t1-,2-,3-,4?,5+,6+,7+,8+,9-,10+,11+,12?/m0/s1. The fourth-order valence-corrected chi connectivity index (χ4v) is 2.96. The summed E-state index contributed by atoms with van der Waals surface area (Å²) in [6, 6.07) is -1.39. The zero-order valence-corrected chi connectivity index (χ0v) is 11.9. The van der Waals surface area contributed by atoms with Crippen molar-refractivity contribution in [2.45, 2.75) is 73.2 Å². The van der Waals surface area contributed by atoms with Gasteiger partial charge >= 0.3 is 0 Å². The summed E-state index contributed by atoms with van der Waals surface area (Å²) in [4.78, 5) is 0. The first-order valence-corrected chi connectivity index (χ1v) is 7.13. The van der Waals surface area contributed by atoms with E-state index in [0.29, 0.717) is 0 Å². The summed E-state index contributed by atoms with van der Waals surface area (Å²) in [6.07, 6.45) is -19.3. The van der Waals surface area contributed by atoms with Crippen molar-refractivity contribution in [1.82, 2.24) is 0 Å². The predicted octanol–water partition coefficient (Wildman–Crippen LogP) is -6.66. The second kappa shape index (κ2) is 6.82. The molecule has 2 unspecified atom stereocenters. The van der Waals surface area contributed by atoms with Crippen LogP contribution in [0.1, 0.15) is 0 Å². The molecule has 11 N–H and O–H groups in total. The Labute approximate surface area is 130 Å². The summed E-state index contributed by atoms with van der Waals surface area (Å²) in [5, 5.41) is 87.3. The van der Waals surface area contributed by atoms with E-state index in [1.165, 1.54) is 0 Å². The minimum Gasteiger partial charge on any atom is -0.389 e. The van der Waals surface area contributed by atoms with E-state index in [1.807, 2.05) is 0 Å². The third kappa shape index (κ3) is 3.10. The van der Waals surface area contributed by atoms with Gasteiger partial charge in [0, 0.05) is 0 Å². The number of aliphatic hydroxyl groups is 9. The Kier molecular flexibility index (Phi) is 5.60. The molecule has 23 heavy (non-hydrogen) atoms. The van der Waals surface area contributed by atoms with E-state index in [2.05, 4.69) is 0 Å². The Morgan fingerprint density at radius 1 is 0.435 bits per heavy atom. The molecular formula is C12H23NO10. The van der Waals surface area contributed by atoms with Gasteiger partial charge in [-0.15, -0.1) is 0 Å². The third-order valence-corrected chi connectivity index (χ3v) is 4.55. The molecule has 2 saturated carbocycles. The van der Waals surface area contributed by atoms with Crippen LogP contribution in [0.3, 0.4) is 0 Å². The van der Waals surface area contributed by atoms with Crippen LogP contribution in [0.2, 0.25) is 0 Å². The Balaban J connectivity index is 2.19. The van der Waals surface area contributed by atoms with Crippen LogP contribution in [0, 0.1) is 0 Å². The summed E-state index contributed by atoms with van der Waals surface area (Å²) in [5.74, 6) is 0. The fraction of sp³-hybridized carbons (Fsp3) is 1.00. The summed E-state index contributed by atoms with van der Waals surface area (Å²) in [7, 11) is 0. The molecule has 0 spiro atoms. The molecule has 136 valence electrons. The molecule has 2 rings (SSSR count). The Morgan fingerprint density at radius 2 is 0.739 bits per heavy atom. The molecule has 12 atom stereocenters. The van der Waals surface area contributed by atoms with Crippen molar-refractivity contribution < 1.29 is 50.7 Å². The molecule has 0 aliphatic heterocycles. The van der Waals surface area contributed by atoms with Gasteiger partial charge < -0.3 is 56.4 Å². The lowest BCUT2D eigenvalue weighted by molar-refractivity contribution is -0.272. The largest absolute Gasteiger partial charge is 0.389 e. The van der Waals surface area contributed by atoms with Crippen LogP contribution in [-0.4, -0.2) is 119 Å². The van der Waals surface area contributed by atoms with Crippen LogP contribution in [0.25, 0.3) is 0 Å². The predicted molar refractivity (Wildman–Crippen MR) is 70.7 cm³/mol. The number of hydrogen-bond acceptors (Lipinski definition) is 11. The average molecular weight is 341 g/mol. The summed E-state index contributed by atoms with van der Waals surface area (Å²) >= 11 is 0. The van der Waals surface area contributed by atoms with Gasteiger partial charge in [0.25, 0.3) is 0 Å². The maximum absolute atomic E-state index is 9.92. The minimum atomic E-state index is -1.84. The van der Waals surface area contributed by atoms with Gasteiger partial charge in [-0.05, 0) is 0 Å². The zero-order valence-electron chi connectivity index (χ0n) is 11.9. The molecule has 2 aliphatic carbocycles. The molecule has 2 aliphatic rings. The Hall–Kier alpha value is -0.440. The first-order valence-electron chi connectivity index (χ1n) is 7.13. The van der Waals surface area contributed by atoms with Gasteiger partial charge in [-0.25, -0.2) is 0 Å². The molecule has 0 aromatic heterocycles. The van der Waals surface area contributed by atoms with Gasteiger partial charge in [-0.2, -0.15) is 0 Å². The number of hydrogen-bond donors (Lipinski definition) is 10. The van der Waals surface area contributed by atoms with Gasteiger partial charge in [0.2, 0.25) is 0 Å². The van der Waals surface area contributed by atoms with Gasteiger partial charge in [-0.1, -0.05) is 0 Å². The van der Waals surface area contributed by atoms with Crippen LogP contribution >= 0.6 is 0 Å². The van der Waals surface area contributed by atoms with E-state index >= 15 is 0 Å². The second-order valence-corrected chi connectivity index (χ2v) is 6.06. The van der Waals surface area contributed by atoms with Crippen molar-refractivity contribution in [1.29, 1.82) is 0 Å². The van der Waals surface area contributed by atoms with Gasteiger partial charge in [-0.3, -0.25) is 0 Å². The number of ether oxygens (including phenoxy) is 1. The van der Waals surface area contributed by atoms with E-state index in [1.54, 1.807) is 0 Å². The Bertz CT molecular complexity index is 345. The van der Waals surface area contributed by atoms with Crippen LogP contribution in [0.5, 0.6) is 0 Å². The summed E-state index contributed by atoms with van der Waals surface area (Å²) in [6.45, 7) is 0. The number of aliphatic hydroxyl groups excluding tert-OH is 9. The van der Waals surface area contributed by atoms with Gasteiger partial charge in [0.15, 0.2) is 0 Å². The molecule has 0 aromatic carbocycles. The van der Waals surface area contributed by atoms with Crippen molar-refractivity contribution in [2.75, 3.05) is 0 Å². The lowest BCUT2D eigenvalue weighted by atomic mass is 9.81. The van der Waals surface area contributed by atoms with Crippen LogP contribution in [0.15, 0.2) is 0 Å². The molecule has 11 nitrogen and oxygen atoms in total. The van der Waals surface area contributed by atoms with Crippen molar-refractivity contribution in [3.8, 4) is 0 Å². The molecule has 0 saturated heterocycles. The van der Waals surface area contributed by atoms with Crippen molar-refractivity contribution >= 4 is 0 Å². The van der Waals surface area contributed by atoms with Crippen molar-refractivity contribution in [3.05, 3.63) is 0 Å². The summed E-state index contributed by atoms with van der Waals surface area (Å²) < 4.78 is 5.22. The number of nitrogens with two attached hydrogens (primary N) is 1. The van der Waals surface area contributed by atoms with Crippen molar-refractivity contribution in [2.24, 2.45) is 5.73 Å². The minimum absolute atomic E-state index is 1.39. The van der Waals surface area contributed by atoms with Crippen LogP contribution in [-0.2, 0) is 4.74 Å². The molecular weight excluding hydrogens is 318 g/mol. The topological polar surface area (TPSA) is 217 Å². The second-order valence-electron chi connectivity index (χ2n) is 6.06. The molecule has 2 fully saturated rings. The molecule has 0 amide bonds. The van der Waals surface area contributed by atoms with Crippen LogP contribution < -0.4 is 5.73 Å². The highest BCUT2D eigenvalue weighted by atomic mass is 16.5. The molecule has 0 heterocycles. The van der Waals surface area contributed by atoms with Crippen LogP contribution in [0.4, 0.5) is 0 Å². The first-order chi connectivity index (χ1) is 10.6. The molecule has 0 aromatic rings. The van der Waals surface area contributed by atoms with E-state index in [-0.39, 0.29) is 0 Å². The maximum atomic E-state index is 9.92. The van der Waals surface area contributed by atoms with Crippen molar-refractivity contribution in [3.63, 3.8) is 0 Å². The lowest BCUT2D eigenvalue weighted by Gasteiger charge is -2.47. The third-order valence-electron chi connectivity index (χ3n) is 4.55. The lowest BCUT2D eigenvalue weighted by Crippen LogP contribution is -2.70. The van der Waals surface area contributed by atoms with E-state index in [9.17, 15) is 46.0 Å². The molecule has 0 radical (unpaired) electrons. The summed E-state index contributed by atoms with van der Waals surface area (Å²) in [5.41, 5.74) is 5.63. The average Bonchev–Trinajstić information content (AvgIpc) is 2.54.